The number of nitrogens with one attached hydrogen (secondary N) is 1. The third-order valence-electron chi connectivity index (χ3n) is 2.92. The summed E-state index contributed by atoms with van der Waals surface area (Å²) < 4.78 is 0. The smallest absolute Gasteiger partial charge is 0.238 e. The molecule has 4 heteroatoms. The van der Waals surface area contributed by atoms with Crippen molar-refractivity contribution in [3.8, 4) is 6.07 Å². The van der Waals surface area contributed by atoms with Crippen molar-refractivity contribution in [1.82, 2.24) is 10.2 Å². The Morgan fingerprint density at radius 2 is 2.31 bits per heavy atom. The average Bonchev–Trinajstić information content (AvgIpc) is 2.19. The zero-order chi connectivity index (χ0) is 12.1. The summed E-state index contributed by atoms with van der Waals surface area (Å²) in [5.74, 6) is 0.632. The number of nitrogens with zero attached hydrogens (tertiary/aromatic N) is 2. The van der Waals surface area contributed by atoms with Gasteiger partial charge in [0.05, 0.1) is 12.5 Å². The normalized spacial score (nSPS) is 26.6. The highest BCUT2D eigenvalue weighted by molar-refractivity contribution is 5.83. The maximum absolute atomic E-state index is 11.7. The fraction of sp³-hybridized carbons (Fsp3) is 0.833. The molecule has 1 fully saturated rings. The second-order valence-corrected chi connectivity index (χ2v) is 4.97. The maximum Gasteiger partial charge on any atom is 0.238 e. The van der Waals surface area contributed by atoms with E-state index in [-0.39, 0.29) is 24.4 Å². The van der Waals surface area contributed by atoms with Crippen LogP contribution in [-0.2, 0) is 4.79 Å². The zero-order valence-corrected chi connectivity index (χ0v) is 10.4. The third kappa shape index (κ3) is 3.49. The Bertz CT molecular complexity index is 282. The molecular weight excluding hydrogens is 202 g/mol. The fourth-order valence-electron chi connectivity index (χ4n) is 2.01. The van der Waals surface area contributed by atoms with E-state index in [9.17, 15) is 4.79 Å². The van der Waals surface area contributed by atoms with Gasteiger partial charge in [0.2, 0.25) is 5.91 Å². The van der Waals surface area contributed by atoms with Crippen LogP contribution in [0.3, 0.4) is 0 Å². The van der Waals surface area contributed by atoms with Crippen molar-refractivity contribution < 1.29 is 4.79 Å². The fourth-order valence-corrected chi connectivity index (χ4v) is 2.01. The second-order valence-electron chi connectivity index (χ2n) is 4.97. The molecule has 1 N–H and O–H groups in total. The molecule has 1 amide bonds. The Balaban J connectivity index is 2.60. The van der Waals surface area contributed by atoms with Crippen LogP contribution in [0.4, 0.5) is 0 Å². The van der Waals surface area contributed by atoms with Crippen molar-refractivity contribution in [3.63, 3.8) is 0 Å². The van der Waals surface area contributed by atoms with Crippen LogP contribution in [0.1, 0.15) is 33.6 Å². The van der Waals surface area contributed by atoms with E-state index < -0.39 is 0 Å². The van der Waals surface area contributed by atoms with Crippen LogP contribution in [0.25, 0.3) is 0 Å². The molecule has 0 aromatic carbocycles. The van der Waals surface area contributed by atoms with Gasteiger partial charge in [-0.25, -0.2) is 0 Å². The summed E-state index contributed by atoms with van der Waals surface area (Å²) in [5, 5.41) is 11.6. The molecule has 90 valence electrons. The van der Waals surface area contributed by atoms with E-state index in [0.29, 0.717) is 5.92 Å². The summed E-state index contributed by atoms with van der Waals surface area (Å²) in [6.07, 6.45) is 1.36. The van der Waals surface area contributed by atoms with Crippen LogP contribution < -0.4 is 5.32 Å². The topological polar surface area (TPSA) is 56.1 Å². The largest absolute Gasteiger partial charge is 0.351 e. The van der Waals surface area contributed by atoms with E-state index in [2.05, 4.69) is 30.1 Å². The van der Waals surface area contributed by atoms with E-state index in [1.165, 1.54) is 0 Å². The lowest BCUT2D eigenvalue weighted by molar-refractivity contribution is -0.130. The molecule has 1 aliphatic rings. The van der Waals surface area contributed by atoms with Crippen LogP contribution in [-0.4, -0.2) is 36.0 Å². The molecule has 2 unspecified atom stereocenters. The van der Waals surface area contributed by atoms with Gasteiger partial charge in [-0.05, 0) is 25.8 Å². The Morgan fingerprint density at radius 3 is 2.88 bits per heavy atom. The average molecular weight is 223 g/mol. The van der Waals surface area contributed by atoms with Crippen molar-refractivity contribution >= 4 is 5.91 Å². The molecule has 1 saturated heterocycles. The van der Waals surface area contributed by atoms with Crippen molar-refractivity contribution in [2.45, 2.75) is 45.7 Å². The van der Waals surface area contributed by atoms with Crippen molar-refractivity contribution in [2.24, 2.45) is 5.92 Å². The van der Waals surface area contributed by atoms with E-state index in [0.717, 1.165) is 19.5 Å². The minimum atomic E-state index is -0.250. The monoisotopic (exact) mass is 223 g/mol. The van der Waals surface area contributed by atoms with Crippen molar-refractivity contribution in [2.75, 3.05) is 13.1 Å². The SMILES string of the molecule is CC(C)CCN1CC(C)NC(=O)C1CC#N. The number of carbonyl (C=O) groups excluding carboxylic acids is 1. The highest BCUT2D eigenvalue weighted by Gasteiger charge is 2.32. The number of carbonyl (C=O) groups is 1. The van der Waals surface area contributed by atoms with Gasteiger partial charge in [0.25, 0.3) is 0 Å². The van der Waals surface area contributed by atoms with Crippen LogP contribution in [0, 0.1) is 17.2 Å². The lowest BCUT2D eigenvalue weighted by Crippen LogP contribution is -2.59. The van der Waals surface area contributed by atoms with Gasteiger partial charge >= 0.3 is 0 Å². The first-order valence-corrected chi connectivity index (χ1v) is 5.96. The van der Waals surface area contributed by atoms with Gasteiger partial charge < -0.3 is 5.32 Å². The maximum atomic E-state index is 11.7. The van der Waals surface area contributed by atoms with Crippen LogP contribution in [0.2, 0.25) is 0 Å². The summed E-state index contributed by atoms with van der Waals surface area (Å²) in [5.41, 5.74) is 0. The van der Waals surface area contributed by atoms with Crippen LogP contribution in [0.15, 0.2) is 0 Å². The molecule has 0 bridgehead atoms. The first-order chi connectivity index (χ1) is 7.54. The molecule has 0 aromatic heterocycles. The number of hydrogen-bond acceptors (Lipinski definition) is 3. The molecular formula is C12H21N3O. The summed E-state index contributed by atoms with van der Waals surface area (Å²) in [7, 11) is 0. The van der Waals surface area contributed by atoms with E-state index in [4.69, 9.17) is 5.26 Å². The zero-order valence-electron chi connectivity index (χ0n) is 10.4. The lowest BCUT2D eigenvalue weighted by Gasteiger charge is -2.37. The molecule has 16 heavy (non-hydrogen) atoms. The number of hydrogen-bond donors (Lipinski definition) is 1. The molecule has 1 aliphatic heterocycles. The molecule has 0 aliphatic carbocycles. The molecule has 0 spiro atoms. The van der Waals surface area contributed by atoms with Gasteiger partial charge in [-0.1, -0.05) is 13.8 Å². The summed E-state index contributed by atoms with van der Waals surface area (Å²) in [6, 6.07) is 2.04. The Labute approximate surface area is 97.6 Å². The molecule has 1 heterocycles. The number of piperazine rings is 1. The van der Waals surface area contributed by atoms with Crippen molar-refractivity contribution in [3.05, 3.63) is 0 Å². The highest BCUT2D eigenvalue weighted by Crippen LogP contribution is 2.13. The van der Waals surface area contributed by atoms with Crippen LogP contribution >= 0.6 is 0 Å². The van der Waals surface area contributed by atoms with E-state index in [1.807, 2.05) is 6.92 Å². The Kier molecular flexibility index (Phi) is 4.75. The van der Waals surface area contributed by atoms with Crippen molar-refractivity contribution in [1.29, 1.82) is 5.26 Å². The summed E-state index contributed by atoms with van der Waals surface area (Å²) >= 11 is 0. The molecule has 2 atom stereocenters. The minimum Gasteiger partial charge on any atom is -0.351 e. The lowest BCUT2D eigenvalue weighted by atomic mass is 10.0. The highest BCUT2D eigenvalue weighted by atomic mass is 16.2. The third-order valence-corrected chi connectivity index (χ3v) is 2.92. The Morgan fingerprint density at radius 1 is 1.62 bits per heavy atom. The second kappa shape index (κ2) is 5.86. The van der Waals surface area contributed by atoms with Gasteiger partial charge in [0.15, 0.2) is 0 Å². The Hall–Kier alpha value is -1.08. The first kappa shape index (κ1) is 13.0. The van der Waals surface area contributed by atoms with Gasteiger partial charge in [-0.2, -0.15) is 5.26 Å². The van der Waals surface area contributed by atoms with E-state index >= 15 is 0 Å². The first-order valence-electron chi connectivity index (χ1n) is 5.96. The number of rotatable bonds is 4. The van der Waals surface area contributed by atoms with Gasteiger partial charge in [0.1, 0.15) is 6.04 Å². The minimum absolute atomic E-state index is 0.00376. The molecule has 0 aromatic rings. The quantitative estimate of drug-likeness (QED) is 0.777. The predicted octanol–water partition coefficient (Wildman–Crippen LogP) is 1.14. The summed E-state index contributed by atoms with van der Waals surface area (Å²) in [4.78, 5) is 13.9. The van der Waals surface area contributed by atoms with Gasteiger partial charge in [-0.3, -0.25) is 9.69 Å². The number of nitriles is 1. The molecule has 0 saturated carbocycles. The molecule has 4 nitrogen and oxygen atoms in total. The van der Waals surface area contributed by atoms with E-state index in [1.54, 1.807) is 0 Å². The molecule has 0 radical (unpaired) electrons. The van der Waals surface area contributed by atoms with Gasteiger partial charge in [0, 0.05) is 12.6 Å². The summed E-state index contributed by atoms with van der Waals surface area (Å²) in [6.45, 7) is 8.11. The van der Waals surface area contributed by atoms with Crippen LogP contribution in [0.5, 0.6) is 0 Å². The number of amides is 1. The molecule has 1 rings (SSSR count). The predicted molar refractivity (Wildman–Crippen MR) is 62.7 cm³/mol. The van der Waals surface area contributed by atoms with Gasteiger partial charge in [-0.15, -0.1) is 0 Å². The standard InChI is InChI=1S/C12H21N3O/c1-9(2)5-7-15-8-10(3)14-12(16)11(15)4-6-13/h9-11H,4-5,7-8H2,1-3H3,(H,14,16).